The second-order valence-electron chi connectivity index (χ2n) is 5.28. The van der Waals surface area contributed by atoms with E-state index in [9.17, 15) is 13.6 Å². The Morgan fingerprint density at radius 2 is 2.09 bits per heavy atom. The Hall–Kier alpha value is -1.73. The van der Waals surface area contributed by atoms with Crippen molar-refractivity contribution in [2.24, 2.45) is 5.73 Å². The number of nitrogens with two attached hydrogens (primary N) is 1. The molecule has 1 aliphatic heterocycles. The Morgan fingerprint density at radius 3 is 2.68 bits per heavy atom. The van der Waals surface area contributed by atoms with Crippen molar-refractivity contribution < 1.29 is 23.0 Å². The fourth-order valence-electron chi connectivity index (χ4n) is 2.43. The van der Waals surface area contributed by atoms with Crippen LogP contribution in [0.15, 0.2) is 18.2 Å². The number of methoxy groups -OCH3 is 1. The molecule has 1 unspecified atom stereocenters. The van der Waals surface area contributed by atoms with Gasteiger partial charge in [0.2, 0.25) is 5.91 Å². The van der Waals surface area contributed by atoms with Gasteiger partial charge in [0.25, 0.3) is 0 Å². The van der Waals surface area contributed by atoms with Crippen LogP contribution in [-0.2, 0) is 9.53 Å². The molecular weight excluding hydrogens is 294 g/mol. The van der Waals surface area contributed by atoms with Gasteiger partial charge in [0.05, 0.1) is 6.61 Å². The number of carbonyl (C=O) groups excluding carboxylic acids is 1. The molecule has 0 aliphatic carbocycles. The fourth-order valence-corrected chi connectivity index (χ4v) is 2.43. The summed E-state index contributed by atoms with van der Waals surface area (Å²) in [4.78, 5) is 13.7. The van der Waals surface area contributed by atoms with E-state index in [0.717, 1.165) is 12.1 Å². The molecule has 5 nitrogen and oxygen atoms in total. The maximum absolute atomic E-state index is 13.5. The molecule has 22 heavy (non-hydrogen) atoms. The SMILES string of the molecule is COCC(N)C(=O)N1CCC(Oc2ccc(F)cc2F)CC1. The highest BCUT2D eigenvalue weighted by atomic mass is 19.1. The summed E-state index contributed by atoms with van der Waals surface area (Å²) in [7, 11) is 1.49. The summed E-state index contributed by atoms with van der Waals surface area (Å²) in [5.41, 5.74) is 5.72. The monoisotopic (exact) mass is 314 g/mol. The number of carbonyl (C=O) groups is 1. The van der Waals surface area contributed by atoms with E-state index in [1.54, 1.807) is 4.90 Å². The third-order valence-corrected chi connectivity index (χ3v) is 3.60. The molecular formula is C15H20F2N2O3. The summed E-state index contributed by atoms with van der Waals surface area (Å²) in [5, 5.41) is 0. The quantitative estimate of drug-likeness (QED) is 0.890. The second kappa shape index (κ2) is 7.51. The minimum Gasteiger partial charge on any atom is -0.487 e. The van der Waals surface area contributed by atoms with Gasteiger partial charge in [0.15, 0.2) is 11.6 Å². The van der Waals surface area contributed by atoms with E-state index in [2.05, 4.69) is 0 Å². The van der Waals surface area contributed by atoms with Gasteiger partial charge in [-0.2, -0.15) is 0 Å². The number of likely N-dealkylation sites (tertiary alicyclic amines) is 1. The Labute approximate surface area is 128 Å². The Balaban J connectivity index is 1.85. The second-order valence-corrected chi connectivity index (χ2v) is 5.28. The van der Waals surface area contributed by atoms with Crippen LogP contribution < -0.4 is 10.5 Å². The van der Waals surface area contributed by atoms with Gasteiger partial charge in [-0.05, 0) is 12.1 Å². The van der Waals surface area contributed by atoms with Crippen molar-refractivity contribution in [3.05, 3.63) is 29.8 Å². The number of piperidine rings is 1. The topological polar surface area (TPSA) is 64.8 Å². The predicted molar refractivity (Wildman–Crippen MR) is 76.4 cm³/mol. The molecule has 0 saturated carbocycles. The number of nitrogens with zero attached hydrogens (tertiary/aromatic N) is 1. The molecule has 1 amide bonds. The minimum absolute atomic E-state index is 0.0299. The van der Waals surface area contributed by atoms with Crippen LogP contribution in [0.2, 0.25) is 0 Å². The van der Waals surface area contributed by atoms with Gasteiger partial charge < -0.3 is 20.1 Å². The van der Waals surface area contributed by atoms with Crippen molar-refractivity contribution in [3.63, 3.8) is 0 Å². The van der Waals surface area contributed by atoms with E-state index in [1.165, 1.54) is 13.2 Å². The van der Waals surface area contributed by atoms with Crippen LogP contribution in [0.3, 0.4) is 0 Å². The van der Waals surface area contributed by atoms with E-state index in [1.807, 2.05) is 0 Å². The summed E-state index contributed by atoms with van der Waals surface area (Å²) in [6, 6.07) is 2.55. The van der Waals surface area contributed by atoms with Crippen molar-refractivity contribution in [3.8, 4) is 5.75 Å². The first kappa shape index (κ1) is 16.6. The van der Waals surface area contributed by atoms with Gasteiger partial charge in [0, 0.05) is 39.1 Å². The highest BCUT2D eigenvalue weighted by Crippen LogP contribution is 2.23. The van der Waals surface area contributed by atoms with Crippen LogP contribution in [0.25, 0.3) is 0 Å². The Bertz CT molecular complexity index is 520. The van der Waals surface area contributed by atoms with Gasteiger partial charge in [-0.15, -0.1) is 0 Å². The molecule has 1 aromatic carbocycles. The first-order chi connectivity index (χ1) is 10.5. The minimum atomic E-state index is -0.722. The van der Waals surface area contributed by atoms with E-state index in [0.29, 0.717) is 25.9 Å². The molecule has 0 aromatic heterocycles. The molecule has 1 saturated heterocycles. The lowest BCUT2D eigenvalue weighted by Crippen LogP contribution is -2.50. The summed E-state index contributed by atoms with van der Waals surface area (Å²) in [5.74, 6) is -1.49. The molecule has 1 fully saturated rings. The molecule has 7 heteroatoms. The standard InChI is InChI=1S/C15H20F2N2O3/c1-21-9-13(18)15(20)19-6-4-11(5-7-19)22-14-3-2-10(16)8-12(14)17/h2-3,8,11,13H,4-7,9,18H2,1H3. The third-order valence-electron chi connectivity index (χ3n) is 3.60. The summed E-state index contributed by atoms with van der Waals surface area (Å²) in [6.07, 6.45) is 0.938. The number of amides is 1. The summed E-state index contributed by atoms with van der Waals surface area (Å²) >= 11 is 0. The average Bonchev–Trinajstić information content (AvgIpc) is 2.50. The van der Waals surface area contributed by atoms with Crippen LogP contribution in [-0.4, -0.2) is 49.8 Å². The largest absolute Gasteiger partial charge is 0.487 e. The first-order valence-electron chi connectivity index (χ1n) is 7.16. The van der Waals surface area contributed by atoms with Crippen LogP contribution in [0, 0.1) is 11.6 Å². The van der Waals surface area contributed by atoms with Crippen molar-refractivity contribution in [1.29, 1.82) is 0 Å². The number of halogens is 2. The van der Waals surface area contributed by atoms with Crippen LogP contribution in [0.1, 0.15) is 12.8 Å². The van der Waals surface area contributed by atoms with Gasteiger partial charge in [0.1, 0.15) is 18.0 Å². The maximum Gasteiger partial charge on any atom is 0.241 e. The molecule has 2 N–H and O–H groups in total. The van der Waals surface area contributed by atoms with Crippen molar-refractivity contribution in [2.45, 2.75) is 25.0 Å². The Morgan fingerprint density at radius 1 is 1.41 bits per heavy atom. The molecule has 0 spiro atoms. The van der Waals surface area contributed by atoms with Gasteiger partial charge in [-0.25, -0.2) is 8.78 Å². The van der Waals surface area contributed by atoms with Crippen molar-refractivity contribution >= 4 is 5.91 Å². The van der Waals surface area contributed by atoms with Crippen LogP contribution in [0.5, 0.6) is 5.75 Å². The fraction of sp³-hybridized carbons (Fsp3) is 0.533. The lowest BCUT2D eigenvalue weighted by atomic mass is 10.1. The summed E-state index contributed by atoms with van der Waals surface area (Å²) in [6.45, 7) is 1.16. The van der Waals surface area contributed by atoms with E-state index in [-0.39, 0.29) is 24.4 Å². The van der Waals surface area contributed by atoms with Gasteiger partial charge in [-0.1, -0.05) is 0 Å². The molecule has 1 aromatic rings. The zero-order valence-electron chi connectivity index (χ0n) is 12.4. The van der Waals surface area contributed by atoms with E-state index >= 15 is 0 Å². The van der Waals surface area contributed by atoms with Crippen LogP contribution >= 0.6 is 0 Å². The smallest absolute Gasteiger partial charge is 0.241 e. The highest BCUT2D eigenvalue weighted by molar-refractivity contribution is 5.81. The molecule has 2 rings (SSSR count). The average molecular weight is 314 g/mol. The molecule has 122 valence electrons. The number of rotatable bonds is 5. The third kappa shape index (κ3) is 4.14. The number of hydrogen-bond acceptors (Lipinski definition) is 4. The summed E-state index contributed by atoms with van der Waals surface area (Å²) < 4.78 is 36.8. The van der Waals surface area contributed by atoms with Crippen molar-refractivity contribution in [1.82, 2.24) is 4.90 Å². The first-order valence-corrected chi connectivity index (χ1v) is 7.16. The zero-order valence-corrected chi connectivity index (χ0v) is 12.4. The normalized spacial score (nSPS) is 17.4. The lowest BCUT2D eigenvalue weighted by Gasteiger charge is -2.33. The van der Waals surface area contributed by atoms with E-state index in [4.69, 9.17) is 15.2 Å². The van der Waals surface area contributed by atoms with Crippen molar-refractivity contribution in [2.75, 3.05) is 26.8 Å². The molecule has 1 aliphatic rings. The van der Waals surface area contributed by atoms with Crippen LogP contribution in [0.4, 0.5) is 8.78 Å². The van der Waals surface area contributed by atoms with Gasteiger partial charge >= 0.3 is 0 Å². The maximum atomic E-state index is 13.5. The molecule has 1 atom stereocenters. The predicted octanol–water partition coefficient (Wildman–Crippen LogP) is 1.31. The zero-order chi connectivity index (χ0) is 16.1. The molecule has 0 bridgehead atoms. The number of ether oxygens (including phenoxy) is 2. The van der Waals surface area contributed by atoms with Gasteiger partial charge in [-0.3, -0.25) is 4.79 Å². The number of hydrogen-bond donors (Lipinski definition) is 1. The Kier molecular flexibility index (Phi) is 5.68. The molecule has 1 heterocycles. The highest BCUT2D eigenvalue weighted by Gasteiger charge is 2.27. The van der Waals surface area contributed by atoms with E-state index < -0.39 is 17.7 Å². The number of benzene rings is 1. The lowest BCUT2D eigenvalue weighted by molar-refractivity contribution is -0.135. The molecule has 0 radical (unpaired) electrons.